The molecule has 0 bridgehead atoms. The van der Waals surface area contributed by atoms with Crippen LogP contribution in [0.25, 0.3) is 0 Å². The minimum atomic E-state index is 0.539. The normalized spacial score (nSPS) is 10.1. The van der Waals surface area contributed by atoms with Crippen molar-refractivity contribution in [2.45, 2.75) is 13.5 Å². The van der Waals surface area contributed by atoms with Gasteiger partial charge in [-0.2, -0.15) is 0 Å². The quantitative estimate of drug-likeness (QED) is 0.754. The summed E-state index contributed by atoms with van der Waals surface area (Å²) in [4.78, 5) is 4.34. The van der Waals surface area contributed by atoms with Crippen LogP contribution in [-0.4, -0.2) is 11.5 Å². The second-order valence-corrected chi connectivity index (χ2v) is 3.96. The smallest absolute Gasteiger partial charge is 0.153 e. The second kappa shape index (κ2) is 6.02. The Hall–Kier alpha value is -2.07. The van der Waals surface area contributed by atoms with Crippen molar-refractivity contribution in [1.82, 2.24) is 4.98 Å². The fourth-order valence-electron chi connectivity index (χ4n) is 1.75. The van der Waals surface area contributed by atoms with E-state index in [1.165, 1.54) is 0 Å². The van der Waals surface area contributed by atoms with Crippen LogP contribution in [0.15, 0.2) is 42.6 Å². The maximum absolute atomic E-state index is 5.63. The molecule has 0 amide bonds. The van der Waals surface area contributed by atoms with E-state index < -0.39 is 0 Å². The molecule has 1 aromatic heterocycles. The van der Waals surface area contributed by atoms with Crippen molar-refractivity contribution in [3.05, 3.63) is 48.2 Å². The molecule has 2 aromatic rings. The topological polar surface area (TPSA) is 63.0 Å². The highest BCUT2D eigenvalue weighted by atomic mass is 15.0. The predicted molar refractivity (Wildman–Crippen MR) is 76.0 cm³/mol. The van der Waals surface area contributed by atoms with Gasteiger partial charge in [0, 0.05) is 25.0 Å². The van der Waals surface area contributed by atoms with E-state index in [1.807, 2.05) is 36.4 Å². The van der Waals surface area contributed by atoms with Gasteiger partial charge in [0.05, 0.1) is 5.69 Å². The summed E-state index contributed by atoms with van der Waals surface area (Å²) in [5, 5.41) is 6.58. The maximum atomic E-state index is 5.63. The average molecular weight is 242 g/mol. The molecule has 0 aliphatic heterocycles. The Kier molecular flexibility index (Phi) is 4.15. The molecule has 0 saturated carbocycles. The van der Waals surface area contributed by atoms with Crippen molar-refractivity contribution in [2.24, 2.45) is 5.73 Å². The molecule has 0 fully saturated rings. The summed E-state index contributed by atoms with van der Waals surface area (Å²) in [5.41, 5.74) is 8.73. The van der Waals surface area contributed by atoms with E-state index in [1.54, 1.807) is 6.20 Å². The number of pyridine rings is 1. The molecule has 1 aromatic carbocycles. The van der Waals surface area contributed by atoms with Gasteiger partial charge in [-0.1, -0.05) is 12.1 Å². The highest BCUT2D eigenvalue weighted by Crippen LogP contribution is 2.22. The van der Waals surface area contributed by atoms with Gasteiger partial charge in [0.25, 0.3) is 0 Å². The van der Waals surface area contributed by atoms with E-state index in [0.29, 0.717) is 6.54 Å². The van der Waals surface area contributed by atoms with Crippen LogP contribution in [0, 0.1) is 0 Å². The Labute approximate surface area is 107 Å². The molecule has 94 valence electrons. The average Bonchev–Trinajstić information content (AvgIpc) is 2.41. The summed E-state index contributed by atoms with van der Waals surface area (Å²) in [6.45, 7) is 3.47. The maximum Gasteiger partial charge on any atom is 0.153 e. The first-order valence-electron chi connectivity index (χ1n) is 6.08. The molecule has 0 atom stereocenters. The molecule has 2 rings (SSSR count). The molecule has 0 aliphatic carbocycles. The Bertz CT molecular complexity index is 511. The Morgan fingerprint density at radius 3 is 2.89 bits per heavy atom. The van der Waals surface area contributed by atoms with Crippen LogP contribution in [-0.2, 0) is 6.54 Å². The SMILES string of the molecule is CCNc1cccnc1Nc1cccc(CN)c1. The largest absolute Gasteiger partial charge is 0.382 e. The van der Waals surface area contributed by atoms with Gasteiger partial charge >= 0.3 is 0 Å². The summed E-state index contributed by atoms with van der Waals surface area (Å²) >= 11 is 0. The lowest BCUT2D eigenvalue weighted by molar-refractivity contribution is 1.07. The lowest BCUT2D eigenvalue weighted by atomic mass is 10.2. The Balaban J connectivity index is 2.22. The van der Waals surface area contributed by atoms with Crippen LogP contribution in [0.1, 0.15) is 12.5 Å². The summed E-state index contributed by atoms with van der Waals surface area (Å²) in [6, 6.07) is 12.0. The van der Waals surface area contributed by atoms with Crippen LogP contribution < -0.4 is 16.4 Å². The van der Waals surface area contributed by atoms with Gasteiger partial charge in [0.15, 0.2) is 5.82 Å². The molecule has 0 aliphatic rings. The van der Waals surface area contributed by atoms with Crippen molar-refractivity contribution in [3.8, 4) is 0 Å². The zero-order valence-corrected chi connectivity index (χ0v) is 10.5. The van der Waals surface area contributed by atoms with Gasteiger partial charge in [0.1, 0.15) is 0 Å². The van der Waals surface area contributed by atoms with E-state index >= 15 is 0 Å². The number of benzene rings is 1. The van der Waals surface area contributed by atoms with Gasteiger partial charge in [-0.05, 0) is 36.8 Å². The Morgan fingerprint density at radius 2 is 2.11 bits per heavy atom. The number of nitrogens with zero attached hydrogens (tertiary/aromatic N) is 1. The molecule has 4 heteroatoms. The third-order valence-corrected chi connectivity index (χ3v) is 2.60. The number of nitrogens with one attached hydrogen (secondary N) is 2. The van der Waals surface area contributed by atoms with Crippen molar-refractivity contribution in [1.29, 1.82) is 0 Å². The summed E-state index contributed by atoms with van der Waals surface area (Å²) in [5.74, 6) is 0.827. The summed E-state index contributed by atoms with van der Waals surface area (Å²) in [7, 11) is 0. The predicted octanol–water partition coefficient (Wildman–Crippen LogP) is 2.72. The van der Waals surface area contributed by atoms with E-state index in [-0.39, 0.29) is 0 Å². The second-order valence-electron chi connectivity index (χ2n) is 3.96. The highest BCUT2D eigenvalue weighted by molar-refractivity contribution is 5.70. The molecule has 0 spiro atoms. The number of anilines is 3. The third kappa shape index (κ3) is 2.99. The van der Waals surface area contributed by atoms with E-state index in [9.17, 15) is 0 Å². The molecular formula is C14H18N4. The zero-order chi connectivity index (χ0) is 12.8. The lowest BCUT2D eigenvalue weighted by Crippen LogP contribution is -2.03. The van der Waals surface area contributed by atoms with Crippen LogP contribution in [0.4, 0.5) is 17.2 Å². The van der Waals surface area contributed by atoms with Gasteiger partial charge in [-0.25, -0.2) is 4.98 Å². The van der Waals surface area contributed by atoms with Crippen molar-refractivity contribution >= 4 is 17.2 Å². The van der Waals surface area contributed by atoms with Gasteiger partial charge in [0.2, 0.25) is 0 Å². The van der Waals surface area contributed by atoms with Gasteiger partial charge < -0.3 is 16.4 Å². The van der Waals surface area contributed by atoms with Crippen LogP contribution >= 0.6 is 0 Å². The number of aromatic nitrogens is 1. The van der Waals surface area contributed by atoms with Crippen molar-refractivity contribution in [2.75, 3.05) is 17.2 Å². The minimum Gasteiger partial charge on any atom is -0.382 e. The van der Waals surface area contributed by atoms with E-state index in [2.05, 4.69) is 22.5 Å². The fourth-order valence-corrected chi connectivity index (χ4v) is 1.75. The molecule has 0 radical (unpaired) electrons. The number of hydrogen-bond donors (Lipinski definition) is 3. The lowest BCUT2D eigenvalue weighted by Gasteiger charge is -2.12. The fraction of sp³-hybridized carbons (Fsp3) is 0.214. The van der Waals surface area contributed by atoms with Crippen molar-refractivity contribution in [3.63, 3.8) is 0 Å². The molecule has 0 unspecified atom stereocenters. The Morgan fingerprint density at radius 1 is 1.22 bits per heavy atom. The van der Waals surface area contributed by atoms with Gasteiger partial charge in [-0.3, -0.25) is 0 Å². The number of hydrogen-bond acceptors (Lipinski definition) is 4. The molecule has 18 heavy (non-hydrogen) atoms. The van der Waals surface area contributed by atoms with E-state index in [0.717, 1.165) is 29.3 Å². The van der Waals surface area contributed by atoms with E-state index in [4.69, 9.17) is 5.73 Å². The molecular weight excluding hydrogens is 224 g/mol. The van der Waals surface area contributed by atoms with Crippen LogP contribution in [0.5, 0.6) is 0 Å². The summed E-state index contributed by atoms with van der Waals surface area (Å²) < 4.78 is 0. The van der Waals surface area contributed by atoms with Crippen LogP contribution in [0.2, 0.25) is 0 Å². The first-order valence-corrected chi connectivity index (χ1v) is 6.08. The minimum absolute atomic E-state index is 0.539. The molecule has 0 saturated heterocycles. The number of nitrogens with two attached hydrogens (primary N) is 1. The highest BCUT2D eigenvalue weighted by Gasteiger charge is 2.02. The first-order chi connectivity index (χ1) is 8.83. The first kappa shape index (κ1) is 12.4. The number of rotatable bonds is 5. The van der Waals surface area contributed by atoms with Gasteiger partial charge in [-0.15, -0.1) is 0 Å². The summed E-state index contributed by atoms with van der Waals surface area (Å²) in [6.07, 6.45) is 1.77. The zero-order valence-electron chi connectivity index (χ0n) is 10.5. The standard InChI is InChI=1S/C14H18N4/c1-2-16-13-7-4-8-17-14(13)18-12-6-3-5-11(9-12)10-15/h3-9,16H,2,10,15H2,1H3,(H,17,18). The van der Waals surface area contributed by atoms with Crippen LogP contribution in [0.3, 0.4) is 0 Å². The van der Waals surface area contributed by atoms with Crippen molar-refractivity contribution < 1.29 is 0 Å². The third-order valence-electron chi connectivity index (χ3n) is 2.60. The monoisotopic (exact) mass is 242 g/mol. The molecule has 4 N–H and O–H groups in total. The molecule has 4 nitrogen and oxygen atoms in total. The molecule has 1 heterocycles.